The van der Waals surface area contributed by atoms with Gasteiger partial charge in [0.05, 0.1) is 12.4 Å². The smallest absolute Gasteiger partial charge is 0.255 e. The van der Waals surface area contributed by atoms with Gasteiger partial charge in [-0.15, -0.1) is 0 Å². The Balaban J connectivity index is 0.000000198. The first-order valence-electron chi connectivity index (χ1n) is 28.2. The molecule has 8 aromatic rings. The molecule has 18 heteroatoms. The first-order valence-corrected chi connectivity index (χ1v) is 28.2. The highest BCUT2D eigenvalue weighted by Gasteiger charge is 2.27. The van der Waals surface area contributed by atoms with Crippen LogP contribution in [0.2, 0.25) is 0 Å². The molecule has 0 radical (unpaired) electrons. The predicted octanol–water partition coefficient (Wildman–Crippen LogP) is 12.3. The molecule has 2 aliphatic rings. The van der Waals surface area contributed by atoms with Crippen molar-refractivity contribution in [3.63, 3.8) is 0 Å². The molecule has 0 saturated carbocycles. The van der Waals surface area contributed by atoms with Gasteiger partial charge in [-0.1, -0.05) is 52.3 Å². The molecule has 18 nitrogen and oxygen atoms in total. The number of aliphatic hydroxyl groups excluding tert-OH is 2. The summed E-state index contributed by atoms with van der Waals surface area (Å²) >= 11 is 0. The van der Waals surface area contributed by atoms with Gasteiger partial charge in [0.1, 0.15) is 23.3 Å². The lowest BCUT2D eigenvalue weighted by Crippen LogP contribution is -2.40. The summed E-state index contributed by atoms with van der Waals surface area (Å²) in [5, 5.41) is 47.7. The van der Waals surface area contributed by atoms with Crippen molar-refractivity contribution in [2.75, 3.05) is 68.0 Å². The summed E-state index contributed by atoms with van der Waals surface area (Å²) in [7, 11) is 0. The van der Waals surface area contributed by atoms with Crippen molar-refractivity contribution in [3.05, 3.63) is 194 Å². The minimum absolute atomic E-state index is 0.159. The van der Waals surface area contributed by atoms with Gasteiger partial charge in [-0.25, -0.2) is 9.97 Å². The summed E-state index contributed by atoms with van der Waals surface area (Å²) in [5.41, 5.74) is 10.9. The van der Waals surface area contributed by atoms with E-state index in [-0.39, 0.29) is 37.1 Å². The molecule has 4 aromatic carbocycles. The zero-order valence-corrected chi connectivity index (χ0v) is 46.9. The van der Waals surface area contributed by atoms with Crippen molar-refractivity contribution in [3.8, 4) is 0 Å². The second-order valence-electron chi connectivity index (χ2n) is 20.4. The molecule has 4 aromatic heterocycles. The van der Waals surface area contributed by atoms with Crippen LogP contribution >= 0.6 is 0 Å². The lowest BCUT2D eigenvalue weighted by molar-refractivity contribution is 0.101. The number of hydrogen-bond donors (Lipinski definition) is 8. The van der Waals surface area contributed by atoms with E-state index < -0.39 is 0 Å². The second kappa shape index (κ2) is 27.3. The number of piperidine rings is 2. The Bertz CT molecular complexity index is 3320. The Morgan fingerprint density at radius 3 is 1.33 bits per heavy atom. The van der Waals surface area contributed by atoms with Crippen LogP contribution < -0.4 is 41.7 Å². The van der Waals surface area contributed by atoms with Crippen molar-refractivity contribution in [1.82, 2.24) is 29.2 Å². The van der Waals surface area contributed by atoms with E-state index in [1.807, 2.05) is 106 Å². The molecule has 2 aliphatic heterocycles. The average Bonchev–Trinajstić information content (AvgIpc) is 4.25. The van der Waals surface area contributed by atoms with Gasteiger partial charge in [-0.2, -0.15) is 19.2 Å². The Morgan fingerprint density at radius 1 is 0.549 bits per heavy atom. The van der Waals surface area contributed by atoms with E-state index in [0.29, 0.717) is 33.9 Å². The Morgan fingerprint density at radius 2 is 0.951 bits per heavy atom. The molecule has 2 unspecified atom stereocenters. The van der Waals surface area contributed by atoms with Crippen LogP contribution in [0.5, 0.6) is 0 Å². The molecule has 424 valence electrons. The largest absolute Gasteiger partial charge is 0.396 e. The van der Waals surface area contributed by atoms with Gasteiger partial charge in [0.25, 0.3) is 11.8 Å². The Labute approximate surface area is 479 Å². The summed E-state index contributed by atoms with van der Waals surface area (Å²) in [5.74, 6) is 2.92. The molecule has 2 atom stereocenters. The zero-order chi connectivity index (χ0) is 57.5. The van der Waals surface area contributed by atoms with E-state index in [0.717, 1.165) is 146 Å². The van der Waals surface area contributed by atoms with E-state index in [1.165, 1.54) is 0 Å². The number of amides is 2. The van der Waals surface area contributed by atoms with E-state index in [4.69, 9.17) is 9.97 Å². The minimum Gasteiger partial charge on any atom is -0.396 e. The maximum Gasteiger partial charge on any atom is 0.255 e. The molecule has 0 bridgehead atoms. The van der Waals surface area contributed by atoms with Crippen LogP contribution in [0, 0.1) is 0 Å². The number of aryl methyl sites for hydroxylation is 2. The monoisotopic (exact) mass is 1100 g/mol. The maximum atomic E-state index is 13.0. The van der Waals surface area contributed by atoms with Crippen LogP contribution in [0.25, 0.3) is 11.3 Å². The fraction of sp³-hybridized carbons (Fsp3) is 0.281. The average molecular weight is 1100 g/mol. The number of fused-ring (bicyclic) bond motifs is 2. The molecular formula is C64H74N14O4. The number of anilines is 10. The summed E-state index contributed by atoms with van der Waals surface area (Å²) in [6.45, 7) is 21.4. The molecule has 2 fully saturated rings. The molecule has 2 saturated heterocycles. The molecule has 6 heterocycles. The molecule has 10 rings (SSSR count). The number of carbonyl (C=O) groups is 2. The van der Waals surface area contributed by atoms with Crippen LogP contribution in [-0.4, -0.2) is 89.6 Å². The van der Waals surface area contributed by atoms with Crippen LogP contribution in [0.15, 0.2) is 171 Å². The Hall–Kier alpha value is -9.26. The molecular weight excluding hydrogens is 1030 g/mol. The number of aromatic nitrogens is 6. The third-order valence-corrected chi connectivity index (χ3v) is 14.8. The molecule has 2 amide bonds. The quantitative estimate of drug-likeness (QED) is 0.0297. The van der Waals surface area contributed by atoms with Crippen LogP contribution in [0.1, 0.15) is 97.1 Å². The van der Waals surface area contributed by atoms with E-state index in [1.54, 1.807) is 36.4 Å². The fourth-order valence-electron chi connectivity index (χ4n) is 10.4. The first kappa shape index (κ1) is 57.4. The number of allylic oxidation sites excluding steroid dienone is 2. The number of nitrogens with one attached hydrogen (secondary N) is 6. The van der Waals surface area contributed by atoms with E-state index in [2.05, 4.69) is 92.1 Å². The maximum absolute atomic E-state index is 13.0. The topological polar surface area (TPSA) is 214 Å². The SMILES string of the molecule is C=CC(=C)Nc1ccc(C(=O)Nc2cccc(Nc3cc(N4CCCCC4CCO)nc4c(CC)cnn34)c2)cc1.C=CC(=C)Nc1ccc(C(=O)Nc2cccc(Nc3cc(N4CCCCC4CCO)nc4c(CC)cnn34)c2)cc1. The van der Waals surface area contributed by atoms with Crippen molar-refractivity contribution >= 4 is 80.5 Å². The van der Waals surface area contributed by atoms with Crippen molar-refractivity contribution in [1.29, 1.82) is 0 Å². The van der Waals surface area contributed by atoms with Gasteiger partial charge in [0, 0.05) is 118 Å². The number of benzene rings is 4. The van der Waals surface area contributed by atoms with Crippen LogP contribution in [-0.2, 0) is 12.8 Å². The highest BCUT2D eigenvalue weighted by Crippen LogP contribution is 2.33. The van der Waals surface area contributed by atoms with Crippen LogP contribution in [0.3, 0.4) is 0 Å². The highest BCUT2D eigenvalue weighted by molar-refractivity contribution is 6.05. The third kappa shape index (κ3) is 14.0. The number of carbonyl (C=O) groups excluding carboxylic acids is 2. The van der Waals surface area contributed by atoms with Gasteiger partial charge in [-0.05, 0) is 161 Å². The Kier molecular flexibility index (Phi) is 19.1. The molecule has 0 aliphatic carbocycles. The van der Waals surface area contributed by atoms with E-state index >= 15 is 0 Å². The second-order valence-corrected chi connectivity index (χ2v) is 20.4. The van der Waals surface area contributed by atoms with Crippen LogP contribution in [0.4, 0.5) is 57.4 Å². The van der Waals surface area contributed by atoms with Gasteiger partial charge in [0.2, 0.25) is 0 Å². The van der Waals surface area contributed by atoms with E-state index in [9.17, 15) is 19.8 Å². The third-order valence-electron chi connectivity index (χ3n) is 14.8. The lowest BCUT2D eigenvalue weighted by Gasteiger charge is -2.36. The number of aliphatic hydroxyl groups is 2. The summed E-state index contributed by atoms with van der Waals surface area (Å²) in [4.78, 5) is 40.6. The lowest BCUT2D eigenvalue weighted by atomic mass is 9.99. The minimum atomic E-state index is -0.204. The molecule has 8 N–H and O–H groups in total. The summed E-state index contributed by atoms with van der Waals surface area (Å²) in [6.07, 6.45) is 16.7. The number of rotatable bonds is 22. The summed E-state index contributed by atoms with van der Waals surface area (Å²) < 4.78 is 3.66. The molecule has 82 heavy (non-hydrogen) atoms. The van der Waals surface area contributed by atoms with Crippen molar-refractivity contribution in [2.24, 2.45) is 0 Å². The van der Waals surface area contributed by atoms with Gasteiger partial charge < -0.3 is 51.9 Å². The standard InChI is InChI=1S/2C32H37N7O2/c2*1-4-22(3)34-25-14-12-24(13-15-25)32(41)36-27-10-8-9-26(19-27)35-30-20-29(37-31-23(5-2)21-33-39(30)31)38-17-7-6-11-28(38)16-18-40/h2*4,8-10,12-15,19-21,28,34-35,40H,1,3,5-7,11,16-18H2,2H3,(H,36,41). The molecule has 0 spiro atoms. The van der Waals surface area contributed by atoms with Gasteiger partial charge in [-0.3, -0.25) is 9.59 Å². The summed E-state index contributed by atoms with van der Waals surface area (Å²) in [6, 6.07) is 34.1. The van der Waals surface area contributed by atoms with Gasteiger partial charge in [0.15, 0.2) is 11.3 Å². The number of hydrogen-bond acceptors (Lipinski definition) is 14. The normalized spacial score (nSPS) is 15.0. The van der Waals surface area contributed by atoms with Gasteiger partial charge >= 0.3 is 0 Å². The van der Waals surface area contributed by atoms with Crippen molar-refractivity contribution < 1.29 is 19.8 Å². The predicted molar refractivity (Wildman–Crippen MR) is 332 cm³/mol. The van der Waals surface area contributed by atoms with Crippen molar-refractivity contribution in [2.45, 2.75) is 90.1 Å². The first-order chi connectivity index (χ1) is 40.0. The zero-order valence-electron chi connectivity index (χ0n) is 46.9. The number of nitrogens with zero attached hydrogens (tertiary/aromatic N) is 8. The fourth-order valence-corrected chi connectivity index (χ4v) is 10.4. The highest BCUT2D eigenvalue weighted by atomic mass is 16.3.